The molecule has 0 aromatic heterocycles. The van der Waals surface area contributed by atoms with E-state index in [9.17, 15) is 4.79 Å². The summed E-state index contributed by atoms with van der Waals surface area (Å²) in [5.74, 6) is 0.568. The van der Waals surface area contributed by atoms with E-state index >= 15 is 0 Å². The van der Waals surface area contributed by atoms with Crippen molar-refractivity contribution in [3.05, 3.63) is 29.8 Å². The Morgan fingerprint density at radius 3 is 2.62 bits per heavy atom. The van der Waals surface area contributed by atoms with Crippen molar-refractivity contribution in [1.82, 2.24) is 4.90 Å². The summed E-state index contributed by atoms with van der Waals surface area (Å²) in [6.07, 6.45) is 3.74. The largest absolute Gasteiger partial charge is 0.496 e. The standard InChI is InChI=1S/C16H24N2O2S/c1-3-4-7-11-18(12-10-15(17)21)16(19)13-8-5-6-9-14(13)20-2/h5-6,8-9H,3-4,7,10-12H2,1-2H3,(H2,17,21). The highest BCUT2D eigenvalue weighted by atomic mass is 32.1. The van der Waals surface area contributed by atoms with E-state index in [1.54, 1.807) is 19.2 Å². The quantitative estimate of drug-likeness (QED) is 0.563. The molecule has 0 spiro atoms. The van der Waals surface area contributed by atoms with Crippen LogP contribution in [0.25, 0.3) is 0 Å². The van der Waals surface area contributed by atoms with E-state index in [0.29, 0.717) is 35.8 Å². The molecule has 0 heterocycles. The van der Waals surface area contributed by atoms with Crippen LogP contribution in [0.15, 0.2) is 24.3 Å². The minimum Gasteiger partial charge on any atom is -0.496 e. The van der Waals surface area contributed by atoms with Crippen LogP contribution in [0.3, 0.4) is 0 Å². The second-order valence-electron chi connectivity index (χ2n) is 4.92. The van der Waals surface area contributed by atoms with Gasteiger partial charge in [0.1, 0.15) is 5.75 Å². The fraction of sp³-hybridized carbons (Fsp3) is 0.500. The zero-order valence-electron chi connectivity index (χ0n) is 12.8. The predicted octanol–water partition coefficient (Wildman–Crippen LogP) is 3.00. The van der Waals surface area contributed by atoms with Crippen LogP contribution in [0.2, 0.25) is 0 Å². The maximum absolute atomic E-state index is 12.7. The molecule has 1 aromatic rings. The Labute approximate surface area is 132 Å². The van der Waals surface area contributed by atoms with Gasteiger partial charge in [0.15, 0.2) is 0 Å². The monoisotopic (exact) mass is 308 g/mol. The first kappa shape index (κ1) is 17.4. The number of methoxy groups -OCH3 is 1. The van der Waals surface area contributed by atoms with E-state index in [4.69, 9.17) is 22.7 Å². The molecule has 0 unspecified atom stereocenters. The molecule has 0 radical (unpaired) electrons. The first-order valence-corrected chi connectivity index (χ1v) is 7.71. The Morgan fingerprint density at radius 2 is 2.00 bits per heavy atom. The van der Waals surface area contributed by atoms with Gasteiger partial charge in [0.2, 0.25) is 0 Å². The highest BCUT2D eigenvalue weighted by Crippen LogP contribution is 2.19. The molecule has 1 amide bonds. The summed E-state index contributed by atoms with van der Waals surface area (Å²) in [4.78, 5) is 14.9. The first-order valence-electron chi connectivity index (χ1n) is 7.30. The lowest BCUT2D eigenvalue weighted by molar-refractivity contribution is 0.0754. The predicted molar refractivity (Wildman–Crippen MR) is 89.8 cm³/mol. The molecule has 0 atom stereocenters. The SMILES string of the molecule is CCCCCN(CCC(N)=S)C(=O)c1ccccc1OC. The highest BCUT2D eigenvalue weighted by Gasteiger charge is 2.18. The van der Waals surface area contributed by atoms with Gasteiger partial charge in [0.25, 0.3) is 5.91 Å². The van der Waals surface area contributed by atoms with Crippen LogP contribution < -0.4 is 10.5 Å². The minimum atomic E-state index is -0.0280. The van der Waals surface area contributed by atoms with Crippen LogP contribution in [0.4, 0.5) is 0 Å². The van der Waals surface area contributed by atoms with Gasteiger partial charge in [0, 0.05) is 19.5 Å². The zero-order valence-corrected chi connectivity index (χ0v) is 13.6. The number of thiocarbonyl (C=S) groups is 1. The molecule has 4 nitrogen and oxygen atoms in total. The topological polar surface area (TPSA) is 55.6 Å². The van der Waals surface area contributed by atoms with E-state index in [0.717, 1.165) is 19.3 Å². The Kier molecular flexibility index (Phi) is 7.75. The number of nitrogens with zero attached hydrogens (tertiary/aromatic N) is 1. The van der Waals surface area contributed by atoms with Crippen LogP contribution in [-0.2, 0) is 0 Å². The molecular formula is C16H24N2O2S. The van der Waals surface area contributed by atoms with Crippen LogP contribution in [-0.4, -0.2) is 36.0 Å². The van der Waals surface area contributed by atoms with Gasteiger partial charge in [-0.15, -0.1) is 0 Å². The molecule has 5 heteroatoms. The van der Waals surface area contributed by atoms with Crippen molar-refractivity contribution in [2.75, 3.05) is 20.2 Å². The molecule has 21 heavy (non-hydrogen) atoms. The summed E-state index contributed by atoms with van der Waals surface area (Å²) in [5.41, 5.74) is 6.14. The third-order valence-corrected chi connectivity index (χ3v) is 3.49. The summed E-state index contributed by atoms with van der Waals surface area (Å²) in [6, 6.07) is 7.28. The normalized spacial score (nSPS) is 10.2. The number of benzene rings is 1. The molecule has 0 saturated carbocycles. The molecule has 1 aromatic carbocycles. The highest BCUT2D eigenvalue weighted by molar-refractivity contribution is 7.80. The molecule has 0 aliphatic carbocycles. The van der Waals surface area contributed by atoms with Gasteiger partial charge < -0.3 is 15.4 Å². The van der Waals surface area contributed by atoms with Gasteiger partial charge >= 0.3 is 0 Å². The molecule has 0 aliphatic heterocycles. The van der Waals surface area contributed by atoms with Crippen molar-refractivity contribution in [1.29, 1.82) is 0 Å². The number of ether oxygens (including phenoxy) is 1. The molecular weight excluding hydrogens is 284 g/mol. The summed E-state index contributed by atoms with van der Waals surface area (Å²) in [5, 5.41) is 0. The first-order chi connectivity index (χ1) is 10.1. The van der Waals surface area contributed by atoms with Gasteiger partial charge in [0.05, 0.1) is 17.7 Å². The van der Waals surface area contributed by atoms with Gasteiger partial charge in [-0.2, -0.15) is 0 Å². The van der Waals surface area contributed by atoms with E-state index in [1.165, 1.54) is 0 Å². The van der Waals surface area contributed by atoms with Crippen LogP contribution in [0, 0.1) is 0 Å². The number of amides is 1. The summed E-state index contributed by atoms with van der Waals surface area (Å²) < 4.78 is 5.27. The van der Waals surface area contributed by atoms with Gasteiger partial charge in [-0.3, -0.25) is 4.79 Å². The van der Waals surface area contributed by atoms with Crippen molar-refractivity contribution >= 4 is 23.1 Å². The minimum absolute atomic E-state index is 0.0280. The fourth-order valence-corrected chi connectivity index (χ4v) is 2.20. The van der Waals surface area contributed by atoms with Gasteiger partial charge in [-0.05, 0) is 18.6 Å². The Balaban J connectivity index is 2.84. The number of unbranched alkanes of at least 4 members (excludes halogenated alkanes) is 2. The fourth-order valence-electron chi connectivity index (χ4n) is 2.10. The number of hydrogen-bond donors (Lipinski definition) is 1. The zero-order chi connectivity index (χ0) is 15.7. The van der Waals surface area contributed by atoms with E-state index in [-0.39, 0.29) is 5.91 Å². The summed E-state index contributed by atoms with van der Waals surface area (Å²) in [7, 11) is 1.57. The van der Waals surface area contributed by atoms with E-state index in [1.807, 2.05) is 17.0 Å². The number of carbonyl (C=O) groups excluding carboxylic acids is 1. The van der Waals surface area contributed by atoms with Crippen LogP contribution in [0.5, 0.6) is 5.75 Å². The van der Waals surface area contributed by atoms with Gasteiger partial charge in [-0.1, -0.05) is 44.1 Å². The lowest BCUT2D eigenvalue weighted by atomic mass is 10.1. The summed E-state index contributed by atoms with van der Waals surface area (Å²) >= 11 is 4.92. The maximum Gasteiger partial charge on any atom is 0.257 e. The number of rotatable bonds is 9. The lowest BCUT2D eigenvalue weighted by Crippen LogP contribution is -2.34. The van der Waals surface area contributed by atoms with Crippen molar-refractivity contribution in [2.24, 2.45) is 5.73 Å². The molecule has 0 bridgehead atoms. The Hall–Kier alpha value is -1.62. The third kappa shape index (κ3) is 5.71. The average molecular weight is 308 g/mol. The van der Waals surface area contributed by atoms with Gasteiger partial charge in [-0.25, -0.2) is 0 Å². The molecule has 0 aliphatic rings. The number of hydrogen-bond acceptors (Lipinski definition) is 3. The molecule has 2 N–H and O–H groups in total. The molecule has 0 fully saturated rings. The van der Waals surface area contributed by atoms with Crippen LogP contribution >= 0.6 is 12.2 Å². The van der Waals surface area contributed by atoms with E-state index < -0.39 is 0 Å². The average Bonchev–Trinajstić information content (AvgIpc) is 2.49. The van der Waals surface area contributed by atoms with Crippen LogP contribution in [0.1, 0.15) is 43.0 Å². The number of para-hydroxylation sites is 1. The third-order valence-electron chi connectivity index (χ3n) is 3.28. The Morgan fingerprint density at radius 1 is 1.29 bits per heavy atom. The van der Waals surface area contributed by atoms with Crippen molar-refractivity contribution in [3.63, 3.8) is 0 Å². The molecule has 116 valence electrons. The molecule has 1 rings (SSSR count). The lowest BCUT2D eigenvalue weighted by Gasteiger charge is -2.23. The second kappa shape index (κ2) is 9.34. The maximum atomic E-state index is 12.7. The number of carbonyl (C=O) groups is 1. The van der Waals surface area contributed by atoms with Crippen molar-refractivity contribution < 1.29 is 9.53 Å². The smallest absolute Gasteiger partial charge is 0.257 e. The van der Waals surface area contributed by atoms with Crippen molar-refractivity contribution in [2.45, 2.75) is 32.6 Å². The van der Waals surface area contributed by atoms with Crippen molar-refractivity contribution in [3.8, 4) is 5.75 Å². The number of nitrogens with two attached hydrogens (primary N) is 1. The second-order valence-corrected chi connectivity index (χ2v) is 5.44. The van der Waals surface area contributed by atoms with E-state index in [2.05, 4.69) is 6.92 Å². The summed E-state index contributed by atoms with van der Waals surface area (Å²) in [6.45, 7) is 3.41. The molecule has 0 saturated heterocycles. The Bertz CT molecular complexity index is 477.